The van der Waals surface area contributed by atoms with E-state index in [4.69, 9.17) is 4.74 Å². The minimum absolute atomic E-state index is 0.0765. The average Bonchev–Trinajstić information content (AvgIpc) is 3.13. The third-order valence-electron chi connectivity index (χ3n) is 6.04. The third kappa shape index (κ3) is 5.90. The van der Waals surface area contributed by atoms with E-state index in [9.17, 15) is 24.6 Å². The number of carboxylic acid groups (broad SMARTS) is 1. The number of carbonyl (C=O) groups excluding carboxylic acids is 2. The quantitative estimate of drug-likeness (QED) is 0.438. The summed E-state index contributed by atoms with van der Waals surface area (Å²) in [7, 11) is 0. The Morgan fingerprint density at radius 3 is 2.15 bits per heavy atom. The number of benzene rings is 2. The predicted octanol–water partition coefficient (Wildman–Crippen LogP) is 2.89. The Hall–Kier alpha value is -3.39. The lowest BCUT2D eigenvalue weighted by atomic mass is 9.98. The lowest BCUT2D eigenvalue weighted by molar-refractivity contribution is -0.143. The molecule has 0 saturated carbocycles. The van der Waals surface area contributed by atoms with Crippen LogP contribution in [0.4, 0.5) is 4.79 Å². The molecule has 0 bridgehead atoms. The Morgan fingerprint density at radius 1 is 1.03 bits per heavy atom. The van der Waals surface area contributed by atoms with Crippen molar-refractivity contribution < 1.29 is 29.3 Å². The van der Waals surface area contributed by atoms with Gasteiger partial charge in [-0.25, -0.2) is 9.59 Å². The zero-order valence-corrected chi connectivity index (χ0v) is 18.8. The minimum Gasteiger partial charge on any atom is -0.480 e. The molecule has 0 aromatic heterocycles. The van der Waals surface area contributed by atoms with Gasteiger partial charge in [0.05, 0.1) is 12.5 Å². The number of alkyl carbamates (subject to hydrolysis) is 1. The monoisotopic (exact) mass is 454 g/mol. The fraction of sp³-hybridized carbons (Fsp3) is 0.400. The highest BCUT2D eigenvalue weighted by molar-refractivity contribution is 5.84. The van der Waals surface area contributed by atoms with Gasteiger partial charge < -0.3 is 25.6 Å². The van der Waals surface area contributed by atoms with Crippen LogP contribution < -0.4 is 10.6 Å². The first kappa shape index (κ1) is 24.3. The first-order valence-electron chi connectivity index (χ1n) is 11.1. The number of fused-ring (bicyclic) bond motifs is 3. The van der Waals surface area contributed by atoms with Crippen molar-refractivity contribution in [1.82, 2.24) is 10.6 Å². The molecule has 176 valence electrons. The summed E-state index contributed by atoms with van der Waals surface area (Å²) in [5, 5.41) is 24.2. The van der Waals surface area contributed by atoms with E-state index in [1.54, 1.807) is 6.92 Å². The van der Waals surface area contributed by atoms with Crippen molar-refractivity contribution in [3.63, 3.8) is 0 Å². The van der Waals surface area contributed by atoms with Gasteiger partial charge in [-0.15, -0.1) is 0 Å². The number of hydrogen-bond acceptors (Lipinski definition) is 5. The number of hydrogen-bond donors (Lipinski definition) is 4. The number of aliphatic hydroxyl groups is 1. The number of aliphatic carboxylic acids is 1. The van der Waals surface area contributed by atoms with Gasteiger partial charge in [0.1, 0.15) is 12.6 Å². The maximum absolute atomic E-state index is 12.2. The van der Waals surface area contributed by atoms with E-state index >= 15 is 0 Å². The SMILES string of the molecule is CCC(C)C(NC(=O)CC(O)CNC(=O)OCC1c2ccccc2-c2ccccc21)C(=O)O. The molecule has 3 rings (SSSR count). The van der Waals surface area contributed by atoms with Crippen LogP contribution in [-0.2, 0) is 14.3 Å². The largest absolute Gasteiger partial charge is 0.480 e. The molecule has 4 N–H and O–H groups in total. The van der Waals surface area contributed by atoms with Gasteiger partial charge in [0, 0.05) is 12.5 Å². The summed E-state index contributed by atoms with van der Waals surface area (Å²) >= 11 is 0. The first-order valence-corrected chi connectivity index (χ1v) is 11.1. The molecule has 1 aliphatic carbocycles. The van der Waals surface area contributed by atoms with Crippen molar-refractivity contribution in [2.24, 2.45) is 5.92 Å². The van der Waals surface area contributed by atoms with Crippen molar-refractivity contribution in [3.05, 3.63) is 59.7 Å². The van der Waals surface area contributed by atoms with Crippen LogP contribution in [0, 0.1) is 5.92 Å². The molecule has 0 aliphatic heterocycles. The molecular weight excluding hydrogens is 424 g/mol. The maximum Gasteiger partial charge on any atom is 0.407 e. The lowest BCUT2D eigenvalue weighted by Gasteiger charge is -2.21. The molecule has 8 heteroatoms. The van der Waals surface area contributed by atoms with Crippen LogP contribution in [0.15, 0.2) is 48.5 Å². The molecule has 1 aliphatic rings. The van der Waals surface area contributed by atoms with Gasteiger partial charge in [0.15, 0.2) is 0 Å². The molecule has 0 radical (unpaired) electrons. The van der Waals surface area contributed by atoms with Gasteiger partial charge in [-0.05, 0) is 28.2 Å². The smallest absolute Gasteiger partial charge is 0.407 e. The Bertz CT molecular complexity index is 962. The minimum atomic E-state index is -1.17. The fourth-order valence-corrected chi connectivity index (χ4v) is 4.05. The molecule has 2 amide bonds. The Balaban J connectivity index is 1.47. The summed E-state index contributed by atoms with van der Waals surface area (Å²) in [5.74, 6) is -2.04. The van der Waals surface area contributed by atoms with E-state index in [0.29, 0.717) is 6.42 Å². The molecule has 2 aromatic carbocycles. The Morgan fingerprint density at radius 2 is 1.61 bits per heavy atom. The Labute approximate surface area is 193 Å². The van der Waals surface area contributed by atoms with Gasteiger partial charge in [0.25, 0.3) is 0 Å². The summed E-state index contributed by atoms with van der Waals surface area (Å²) in [4.78, 5) is 35.6. The zero-order chi connectivity index (χ0) is 24.0. The number of nitrogens with one attached hydrogen (secondary N) is 2. The van der Waals surface area contributed by atoms with Crippen molar-refractivity contribution in [1.29, 1.82) is 0 Å². The van der Waals surface area contributed by atoms with E-state index in [0.717, 1.165) is 22.3 Å². The van der Waals surface area contributed by atoms with Gasteiger partial charge in [0.2, 0.25) is 5.91 Å². The third-order valence-corrected chi connectivity index (χ3v) is 6.04. The number of rotatable bonds is 10. The molecular formula is C25H30N2O6. The highest BCUT2D eigenvalue weighted by Crippen LogP contribution is 2.44. The van der Waals surface area contributed by atoms with E-state index in [1.165, 1.54) is 0 Å². The van der Waals surface area contributed by atoms with Gasteiger partial charge in [-0.1, -0.05) is 68.8 Å². The number of ether oxygens (including phenoxy) is 1. The normalized spacial score (nSPS) is 15.0. The summed E-state index contributed by atoms with van der Waals surface area (Å²) in [5.41, 5.74) is 4.44. The molecule has 8 nitrogen and oxygen atoms in total. The van der Waals surface area contributed by atoms with Crippen molar-refractivity contribution in [2.75, 3.05) is 13.2 Å². The van der Waals surface area contributed by atoms with Crippen LogP contribution in [0.3, 0.4) is 0 Å². The second-order valence-electron chi connectivity index (χ2n) is 8.33. The highest BCUT2D eigenvalue weighted by Gasteiger charge is 2.29. The van der Waals surface area contributed by atoms with E-state index in [1.807, 2.05) is 55.5 Å². The average molecular weight is 455 g/mol. The maximum atomic E-state index is 12.2. The van der Waals surface area contributed by atoms with E-state index in [2.05, 4.69) is 10.6 Å². The number of amides is 2. The van der Waals surface area contributed by atoms with Crippen LogP contribution in [0.2, 0.25) is 0 Å². The van der Waals surface area contributed by atoms with Crippen LogP contribution in [0.25, 0.3) is 11.1 Å². The summed E-state index contributed by atoms with van der Waals surface area (Å²) in [6.07, 6.45) is -1.61. The van der Waals surface area contributed by atoms with Crippen LogP contribution in [-0.4, -0.2) is 53.5 Å². The standard InChI is InChI=1S/C25H30N2O6/c1-3-15(2)23(24(30)31)27-22(29)12-16(28)13-26-25(32)33-14-21-19-10-6-4-8-17(19)18-9-5-7-11-20(18)21/h4-11,15-16,21,23,28H,3,12-14H2,1-2H3,(H,26,32)(H,27,29)(H,30,31). The van der Waals surface area contributed by atoms with Crippen LogP contribution >= 0.6 is 0 Å². The number of carboxylic acids is 1. The lowest BCUT2D eigenvalue weighted by Crippen LogP contribution is -2.46. The Kier molecular flexibility index (Phi) is 8.06. The molecule has 33 heavy (non-hydrogen) atoms. The molecule has 0 spiro atoms. The molecule has 0 heterocycles. The molecule has 3 atom stereocenters. The van der Waals surface area contributed by atoms with Crippen LogP contribution in [0.1, 0.15) is 43.7 Å². The molecule has 2 aromatic rings. The fourth-order valence-electron chi connectivity index (χ4n) is 4.05. The molecule has 0 fully saturated rings. The summed E-state index contributed by atoms with van der Waals surface area (Å²) in [6, 6.07) is 15.0. The van der Waals surface area contributed by atoms with Gasteiger partial charge in [-0.2, -0.15) is 0 Å². The summed E-state index contributed by atoms with van der Waals surface area (Å²) in [6.45, 7) is 3.52. The van der Waals surface area contributed by atoms with Crippen molar-refractivity contribution >= 4 is 18.0 Å². The topological polar surface area (TPSA) is 125 Å². The van der Waals surface area contributed by atoms with Crippen molar-refractivity contribution in [2.45, 2.75) is 44.8 Å². The molecule has 3 unspecified atom stereocenters. The first-order chi connectivity index (χ1) is 15.8. The van der Waals surface area contributed by atoms with Gasteiger partial charge >= 0.3 is 12.1 Å². The second kappa shape index (κ2) is 11.0. The second-order valence-corrected chi connectivity index (χ2v) is 8.33. The number of aliphatic hydroxyl groups excluding tert-OH is 1. The van der Waals surface area contributed by atoms with Crippen molar-refractivity contribution in [3.8, 4) is 11.1 Å². The van der Waals surface area contributed by atoms with Gasteiger partial charge in [-0.3, -0.25) is 4.79 Å². The summed E-state index contributed by atoms with van der Waals surface area (Å²) < 4.78 is 5.40. The van der Waals surface area contributed by atoms with E-state index < -0.39 is 30.1 Å². The zero-order valence-electron chi connectivity index (χ0n) is 18.8. The van der Waals surface area contributed by atoms with E-state index in [-0.39, 0.29) is 31.4 Å². The highest BCUT2D eigenvalue weighted by atomic mass is 16.5. The molecule has 0 saturated heterocycles. The predicted molar refractivity (Wildman–Crippen MR) is 123 cm³/mol. The number of carbonyl (C=O) groups is 3. The van der Waals surface area contributed by atoms with Crippen LogP contribution in [0.5, 0.6) is 0 Å².